The molecular formula is C13H18INO2. The van der Waals surface area contributed by atoms with E-state index in [0.29, 0.717) is 0 Å². The molecular weight excluding hydrogens is 329 g/mol. The van der Waals surface area contributed by atoms with Crippen molar-refractivity contribution in [2.45, 2.75) is 6.42 Å². The number of ether oxygens (including phenoxy) is 2. The van der Waals surface area contributed by atoms with Crippen molar-refractivity contribution in [3.8, 4) is 5.75 Å². The highest BCUT2D eigenvalue weighted by Crippen LogP contribution is 2.19. The molecule has 1 fully saturated rings. The minimum absolute atomic E-state index is 0.789. The molecule has 0 N–H and O–H groups in total. The van der Waals surface area contributed by atoms with E-state index in [2.05, 4.69) is 33.6 Å². The zero-order valence-corrected chi connectivity index (χ0v) is 12.1. The quantitative estimate of drug-likeness (QED) is 0.603. The van der Waals surface area contributed by atoms with Crippen molar-refractivity contribution in [1.82, 2.24) is 4.90 Å². The molecule has 1 saturated heterocycles. The Kier molecular flexibility index (Phi) is 5.54. The number of hydrogen-bond donors (Lipinski definition) is 0. The minimum Gasteiger partial charge on any atom is -0.492 e. The average molecular weight is 347 g/mol. The number of para-hydroxylation sites is 1. The van der Waals surface area contributed by atoms with Gasteiger partial charge in [-0.1, -0.05) is 12.1 Å². The Labute approximate surface area is 116 Å². The molecule has 0 spiro atoms. The number of rotatable bonds is 5. The van der Waals surface area contributed by atoms with Gasteiger partial charge in [-0.3, -0.25) is 4.90 Å². The van der Waals surface area contributed by atoms with Crippen LogP contribution in [0.3, 0.4) is 0 Å². The van der Waals surface area contributed by atoms with Gasteiger partial charge in [-0.15, -0.1) is 0 Å². The zero-order chi connectivity index (χ0) is 11.9. The molecule has 0 saturated carbocycles. The molecule has 4 heteroatoms. The third-order valence-electron chi connectivity index (χ3n) is 2.82. The summed E-state index contributed by atoms with van der Waals surface area (Å²) in [6.07, 6.45) is 1.07. The van der Waals surface area contributed by atoms with Crippen LogP contribution in [0.15, 0.2) is 24.3 Å². The fraction of sp³-hybridized carbons (Fsp3) is 0.538. The SMILES string of the molecule is Ic1ccccc1OCCCN1CCOCC1. The lowest BCUT2D eigenvalue weighted by Crippen LogP contribution is -2.37. The first-order chi connectivity index (χ1) is 8.36. The van der Waals surface area contributed by atoms with Gasteiger partial charge in [0, 0.05) is 19.6 Å². The summed E-state index contributed by atoms with van der Waals surface area (Å²) in [6, 6.07) is 8.14. The third kappa shape index (κ3) is 4.44. The van der Waals surface area contributed by atoms with Gasteiger partial charge in [0.05, 0.1) is 23.4 Å². The largest absolute Gasteiger partial charge is 0.492 e. The van der Waals surface area contributed by atoms with Gasteiger partial charge in [-0.25, -0.2) is 0 Å². The molecule has 1 aliphatic heterocycles. The molecule has 0 radical (unpaired) electrons. The highest BCUT2D eigenvalue weighted by atomic mass is 127. The standard InChI is InChI=1S/C13H18INO2/c14-12-4-1-2-5-13(12)17-9-3-6-15-7-10-16-11-8-15/h1-2,4-5H,3,6-11H2. The van der Waals surface area contributed by atoms with E-state index in [-0.39, 0.29) is 0 Å². The Morgan fingerprint density at radius 2 is 2.00 bits per heavy atom. The van der Waals surface area contributed by atoms with E-state index in [1.165, 1.54) is 3.57 Å². The highest BCUT2D eigenvalue weighted by Gasteiger charge is 2.09. The van der Waals surface area contributed by atoms with Gasteiger partial charge in [-0.2, -0.15) is 0 Å². The van der Waals surface area contributed by atoms with E-state index in [1.54, 1.807) is 0 Å². The molecule has 0 bridgehead atoms. The Balaban J connectivity index is 1.64. The van der Waals surface area contributed by atoms with Crippen molar-refractivity contribution in [2.24, 2.45) is 0 Å². The second-order valence-electron chi connectivity index (χ2n) is 4.09. The third-order valence-corrected chi connectivity index (χ3v) is 3.71. The molecule has 0 aliphatic carbocycles. The topological polar surface area (TPSA) is 21.7 Å². The second kappa shape index (κ2) is 7.18. The molecule has 3 nitrogen and oxygen atoms in total. The van der Waals surface area contributed by atoms with Crippen LogP contribution in [-0.4, -0.2) is 44.4 Å². The molecule has 94 valence electrons. The number of halogens is 1. The first-order valence-corrected chi connectivity index (χ1v) is 7.11. The normalized spacial score (nSPS) is 17.0. The lowest BCUT2D eigenvalue weighted by molar-refractivity contribution is 0.0358. The molecule has 1 heterocycles. The Morgan fingerprint density at radius 3 is 2.76 bits per heavy atom. The van der Waals surface area contributed by atoms with Crippen LogP contribution in [-0.2, 0) is 4.74 Å². The van der Waals surface area contributed by atoms with Gasteiger partial charge in [-0.05, 0) is 41.1 Å². The summed E-state index contributed by atoms with van der Waals surface area (Å²) in [5.41, 5.74) is 0. The van der Waals surface area contributed by atoms with Crippen LogP contribution in [0.2, 0.25) is 0 Å². The Hall–Kier alpha value is -0.330. The first-order valence-electron chi connectivity index (χ1n) is 6.04. The monoisotopic (exact) mass is 347 g/mol. The second-order valence-corrected chi connectivity index (χ2v) is 5.25. The van der Waals surface area contributed by atoms with Gasteiger partial charge in [0.15, 0.2) is 0 Å². The summed E-state index contributed by atoms with van der Waals surface area (Å²) >= 11 is 2.30. The van der Waals surface area contributed by atoms with Crippen molar-refractivity contribution in [3.63, 3.8) is 0 Å². The minimum atomic E-state index is 0.789. The van der Waals surface area contributed by atoms with Crippen LogP contribution in [0.1, 0.15) is 6.42 Å². The Bertz CT molecular complexity index is 340. The maximum absolute atomic E-state index is 5.76. The van der Waals surface area contributed by atoms with E-state index >= 15 is 0 Å². The van der Waals surface area contributed by atoms with Crippen LogP contribution < -0.4 is 4.74 Å². The van der Waals surface area contributed by atoms with Crippen LogP contribution in [0.5, 0.6) is 5.75 Å². The van der Waals surface area contributed by atoms with E-state index in [9.17, 15) is 0 Å². The van der Waals surface area contributed by atoms with E-state index in [0.717, 1.165) is 51.6 Å². The summed E-state index contributed by atoms with van der Waals surface area (Å²) in [5, 5.41) is 0. The molecule has 0 aromatic heterocycles. The van der Waals surface area contributed by atoms with E-state index in [4.69, 9.17) is 9.47 Å². The van der Waals surface area contributed by atoms with Gasteiger partial charge in [0.25, 0.3) is 0 Å². The fourth-order valence-electron chi connectivity index (χ4n) is 1.86. The molecule has 0 amide bonds. The number of nitrogens with zero attached hydrogens (tertiary/aromatic N) is 1. The lowest BCUT2D eigenvalue weighted by Gasteiger charge is -2.26. The van der Waals surface area contributed by atoms with Crippen molar-refractivity contribution in [2.75, 3.05) is 39.5 Å². The van der Waals surface area contributed by atoms with E-state index in [1.807, 2.05) is 18.2 Å². The maximum atomic E-state index is 5.76. The van der Waals surface area contributed by atoms with Crippen LogP contribution >= 0.6 is 22.6 Å². The number of morpholine rings is 1. The van der Waals surface area contributed by atoms with Crippen LogP contribution in [0, 0.1) is 3.57 Å². The zero-order valence-electron chi connectivity index (χ0n) is 9.90. The summed E-state index contributed by atoms with van der Waals surface area (Å²) in [4.78, 5) is 2.43. The van der Waals surface area contributed by atoms with Crippen molar-refractivity contribution in [1.29, 1.82) is 0 Å². The van der Waals surface area contributed by atoms with E-state index < -0.39 is 0 Å². The van der Waals surface area contributed by atoms with Crippen molar-refractivity contribution >= 4 is 22.6 Å². The molecule has 0 unspecified atom stereocenters. The molecule has 17 heavy (non-hydrogen) atoms. The fourth-order valence-corrected chi connectivity index (χ4v) is 2.40. The van der Waals surface area contributed by atoms with Gasteiger partial charge < -0.3 is 9.47 Å². The maximum Gasteiger partial charge on any atom is 0.132 e. The van der Waals surface area contributed by atoms with Crippen LogP contribution in [0.25, 0.3) is 0 Å². The van der Waals surface area contributed by atoms with Crippen molar-refractivity contribution < 1.29 is 9.47 Å². The highest BCUT2D eigenvalue weighted by molar-refractivity contribution is 14.1. The summed E-state index contributed by atoms with van der Waals surface area (Å²) in [5.74, 6) is 0.995. The molecule has 1 aliphatic rings. The summed E-state index contributed by atoms with van der Waals surface area (Å²) < 4.78 is 12.3. The Morgan fingerprint density at radius 1 is 1.24 bits per heavy atom. The summed E-state index contributed by atoms with van der Waals surface area (Å²) in [6.45, 7) is 5.75. The predicted octanol–water partition coefficient (Wildman–Crippen LogP) is 2.39. The molecule has 0 atom stereocenters. The lowest BCUT2D eigenvalue weighted by atomic mass is 10.3. The predicted molar refractivity (Wildman–Crippen MR) is 76.5 cm³/mol. The van der Waals surface area contributed by atoms with Gasteiger partial charge >= 0.3 is 0 Å². The molecule has 2 rings (SSSR count). The van der Waals surface area contributed by atoms with Gasteiger partial charge in [0.2, 0.25) is 0 Å². The number of hydrogen-bond acceptors (Lipinski definition) is 3. The van der Waals surface area contributed by atoms with Gasteiger partial charge in [0.1, 0.15) is 5.75 Å². The van der Waals surface area contributed by atoms with Crippen molar-refractivity contribution in [3.05, 3.63) is 27.8 Å². The smallest absolute Gasteiger partial charge is 0.132 e. The van der Waals surface area contributed by atoms with Crippen LogP contribution in [0.4, 0.5) is 0 Å². The summed E-state index contributed by atoms with van der Waals surface area (Å²) in [7, 11) is 0. The molecule has 1 aromatic rings. The average Bonchev–Trinajstić information content (AvgIpc) is 2.38. The number of benzene rings is 1. The molecule has 1 aromatic carbocycles. The first kappa shape index (κ1) is 13.1.